The van der Waals surface area contributed by atoms with E-state index in [1.54, 1.807) is 24.4 Å². The molecular formula is C32H24ClN3O3. The molecule has 1 N–H and O–H groups in total. The lowest BCUT2D eigenvalue weighted by Crippen LogP contribution is -2.12. The minimum absolute atomic E-state index is 0.0699. The normalized spacial score (nSPS) is 12.1. The van der Waals surface area contributed by atoms with Gasteiger partial charge in [0.2, 0.25) is 0 Å². The van der Waals surface area contributed by atoms with Gasteiger partial charge in [-0.3, -0.25) is 4.98 Å². The third-order valence-electron chi connectivity index (χ3n) is 7.03. The fourth-order valence-corrected chi connectivity index (χ4v) is 5.51. The Morgan fingerprint density at radius 3 is 2.38 bits per heavy atom. The summed E-state index contributed by atoms with van der Waals surface area (Å²) in [7, 11) is 0. The standard InChI is InChI=1S/C32H24ClN3O3/c1-19-30(20(2)39-35-19)23-12-13-24-26(22-11-14-25(32(37)38)27(33)16-22)18-36(29(24)17-23)31(21-8-4-3-5-9-21)28-10-6-7-15-34-28/h3-18,31H,1-2H3,(H,37,38). The van der Waals surface area contributed by atoms with E-state index in [1.807, 2.05) is 50.2 Å². The maximum Gasteiger partial charge on any atom is 0.337 e. The number of carboxylic acids is 1. The van der Waals surface area contributed by atoms with Crippen LogP contribution < -0.4 is 0 Å². The first-order valence-corrected chi connectivity index (χ1v) is 12.9. The first-order valence-electron chi connectivity index (χ1n) is 12.5. The number of aryl methyl sites for hydroxylation is 2. The second kappa shape index (κ2) is 9.89. The first kappa shape index (κ1) is 24.6. The van der Waals surface area contributed by atoms with Gasteiger partial charge in [0, 0.05) is 28.9 Å². The highest BCUT2D eigenvalue weighted by molar-refractivity contribution is 6.33. The van der Waals surface area contributed by atoms with E-state index in [2.05, 4.69) is 46.3 Å². The van der Waals surface area contributed by atoms with Crippen molar-refractivity contribution in [2.24, 2.45) is 0 Å². The predicted octanol–water partition coefficient (Wildman–Crippen LogP) is 7.96. The average molecular weight is 534 g/mol. The molecule has 0 spiro atoms. The Morgan fingerprint density at radius 2 is 1.72 bits per heavy atom. The fourth-order valence-electron chi connectivity index (χ4n) is 5.25. The molecule has 0 radical (unpaired) electrons. The minimum atomic E-state index is -1.06. The molecule has 3 aromatic heterocycles. The third-order valence-corrected chi connectivity index (χ3v) is 7.34. The molecule has 0 amide bonds. The van der Waals surface area contributed by atoms with Crippen LogP contribution in [-0.4, -0.2) is 25.8 Å². The molecule has 0 saturated carbocycles. The highest BCUT2D eigenvalue weighted by Gasteiger charge is 2.23. The van der Waals surface area contributed by atoms with E-state index in [0.29, 0.717) is 0 Å². The molecule has 0 fully saturated rings. The Labute approximate surface area is 230 Å². The van der Waals surface area contributed by atoms with E-state index < -0.39 is 5.97 Å². The van der Waals surface area contributed by atoms with Gasteiger partial charge in [0.1, 0.15) is 11.8 Å². The Kier molecular flexibility index (Phi) is 6.25. The molecule has 192 valence electrons. The number of rotatable bonds is 6. The van der Waals surface area contributed by atoms with E-state index in [0.717, 1.165) is 55.9 Å². The van der Waals surface area contributed by atoms with E-state index in [-0.39, 0.29) is 16.6 Å². The van der Waals surface area contributed by atoms with Crippen molar-refractivity contribution in [3.8, 4) is 22.3 Å². The zero-order chi connectivity index (χ0) is 27.1. The minimum Gasteiger partial charge on any atom is -0.478 e. The summed E-state index contributed by atoms with van der Waals surface area (Å²) in [5.41, 5.74) is 7.59. The van der Waals surface area contributed by atoms with Gasteiger partial charge in [0.15, 0.2) is 0 Å². The smallest absolute Gasteiger partial charge is 0.337 e. The zero-order valence-electron chi connectivity index (χ0n) is 21.3. The molecule has 1 atom stereocenters. The third kappa shape index (κ3) is 4.39. The highest BCUT2D eigenvalue weighted by atomic mass is 35.5. The topological polar surface area (TPSA) is 81.1 Å². The Bertz CT molecular complexity index is 1770. The van der Waals surface area contributed by atoms with Gasteiger partial charge in [-0.1, -0.05) is 71.4 Å². The number of aromatic nitrogens is 3. The zero-order valence-corrected chi connectivity index (χ0v) is 22.1. The summed E-state index contributed by atoms with van der Waals surface area (Å²) < 4.78 is 7.69. The molecule has 0 aliphatic heterocycles. The number of hydrogen-bond donors (Lipinski definition) is 1. The average Bonchev–Trinajstić information content (AvgIpc) is 3.48. The lowest BCUT2D eigenvalue weighted by molar-refractivity contribution is 0.0697. The molecule has 6 aromatic rings. The largest absolute Gasteiger partial charge is 0.478 e. The number of aromatic carboxylic acids is 1. The number of pyridine rings is 1. The number of carboxylic acid groups (broad SMARTS) is 1. The predicted molar refractivity (Wildman–Crippen MR) is 152 cm³/mol. The van der Waals surface area contributed by atoms with Crippen LogP contribution >= 0.6 is 11.6 Å². The highest BCUT2D eigenvalue weighted by Crippen LogP contribution is 2.40. The van der Waals surface area contributed by atoms with Crippen LogP contribution in [0.3, 0.4) is 0 Å². The van der Waals surface area contributed by atoms with E-state index >= 15 is 0 Å². The molecule has 6 rings (SSSR count). The van der Waals surface area contributed by atoms with Gasteiger partial charge in [0.25, 0.3) is 0 Å². The van der Waals surface area contributed by atoms with Crippen LogP contribution in [0.2, 0.25) is 5.02 Å². The first-order chi connectivity index (χ1) is 18.9. The molecule has 0 saturated heterocycles. The van der Waals surface area contributed by atoms with Crippen molar-refractivity contribution in [3.05, 3.63) is 131 Å². The van der Waals surface area contributed by atoms with Crippen LogP contribution in [0, 0.1) is 13.8 Å². The molecule has 39 heavy (non-hydrogen) atoms. The molecule has 3 heterocycles. The summed E-state index contributed by atoms with van der Waals surface area (Å²) in [6.07, 6.45) is 3.90. The monoisotopic (exact) mass is 533 g/mol. The number of halogens is 1. The van der Waals surface area contributed by atoms with Gasteiger partial charge >= 0.3 is 5.97 Å². The fraction of sp³-hybridized carbons (Fsp3) is 0.0938. The number of hydrogen-bond acceptors (Lipinski definition) is 4. The lowest BCUT2D eigenvalue weighted by Gasteiger charge is -2.21. The van der Waals surface area contributed by atoms with Gasteiger partial charge < -0.3 is 14.2 Å². The number of nitrogens with zero attached hydrogens (tertiary/aromatic N) is 3. The summed E-state index contributed by atoms with van der Waals surface area (Å²) in [6.45, 7) is 3.85. The van der Waals surface area contributed by atoms with E-state index in [9.17, 15) is 9.90 Å². The van der Waals surface area contributed by atoms with Crippen molar-refractivity contribution in [2.75, 3.05) is 0 Å². The Hall–Kier alpha value is -4.68. The summed E-state index contributed by atoms with van der Waals surface area (Å²) in [5.74, 6) is -0.303. The van der Waals surface area contributed by atoms with Crippen LogP contribution in [0.5, 0.6) is 0 Å². The number of fused-ring (bicyclic) bond motifs is 1. The second-order valence-electron chi connectivity index (χ2n) is 9.45. The maximum absolute atomic E-state index is 11.6. The molecule has 1 unspecified atom stereocenters. The summed E-state index contributed by atoms with van der Waals surface area (Å²) in [4.78, 5) is 16.3. The quantitative estimate of drug-likeness (QED) is 0.235. The van der Waals surface area contributed by atoms with Crippen LogP contribution in [0.15, 0.2) is 102 Å². The lowest BCUT2D eigenvalue weighted by atomic mass is 9.99. The van der Waals surface area contributed by atoms with Crippen molar-refractivity contribution < 1.29 is 14.4 Å². The molecule has 3 aromatic carbocycles. The van der Waals surface area contributed by atoms with Crippen LogP contribution in [0.25, 0.3) is 33.2 Å². The molecule has 0 aliphatic rings. The molecule has 0 bridgehead atoms. The van der Waals surface area contributed by atoms with Crippen molar-refractivity contribution >= 4 is 28.5 Å². The Morgan fingerprint density at radius 1 is 0.949 bits per heavy atom. The number of carbonyl (C=O) groups is 1. The van der Waals surface area contributed by atoms with Crippen LogP contribution in [0.4, 0.5) is 0 Å². The van der Waals surface area contributed by atoms with Gasteiger partial charge in [-0.25, -0.2) is 4.79 Å². The van der Waals surface area contributed by atoms with Crippen molar-refractivity contribution in [2.45, 2.75) is 19.9 Å². The van der Waals surface area contributed by atoms with Gasteiger partial charge in [0.05, 0.1) is 27.5 Å². The maximum atomic E-state index is 11.6. The molecule has 7 heteroatoms. The van der Waals surface area contributed by atoms with E-state index in [1.165, 1.54) is 0 Å². The van der Waals surface area contributed by atoms with Crippen LogP contribution in [-0.2, 0) is 0 Å². The van der Waals surface area contributed by atoms with Crippen LogP contribution in [0.1, 0.15) is 39.1 Å². The molecule has 0 aliphatic carbocycles. The summed E-state index contributed by atoms with van der Waals surface area (Å²) >= 11 is 6.40. The SMILES string of the molecule is Cc1noc(C)c1-c1ccc2c(-c3ccc(C(=O)O)c(Cl)c3)cn(C(c3ccccc3)c3ccccn3)c2c1. The van der Waals surface area contributed by atoms with Gasteiger partial charge in [-0.2, -0.15) is 0 Å². The number of benzene rings is 3. The second-order valence-corrected chi connectivity index (χ2v) is 9.86. The molecule has 6 nitrogen and oxygen atoms in total. The van der Waals surface area contributed by atoms with Crippen molar-refractivity contribution in [1.82, 2.24) is 14.7 Å². The van der Waals surface area contributed by atoms with Crippen molar-refractivity contribution in [3.63, 3.8) is 0 Å². The molecular weight excluding hydrogens is 510 g/mol. The van der Waals surface area contributed by atoms with Crippen molar-refractivity contribution in [1.29, 1.82) is 0 Å². The van der Waals surface area contributed by atoms with E-state index in [4.69, 9.17) is 21.1 Å². The van der Waals surface area contributed by atoms with Gasteiger partial charge in [-0.05, 0) is 60.9 Å². The Balaban J connectivity index is 1.65. The summed E-state index contributed by atoms with van der Waals surface area (Å²) in [5, 5.41) is 14.8. The van der Waals surface area contributed by atoms with Gasteiger partial charge in [-0.15, -0.1) is 0 Å². The summed E-state index contributed by atoms with van der Waals surface area (Å²) in [6, 6.07) is 27.3.